The van der Waals surface area contributed by atoms with Crippen LogP contribution in [0.15, 0.2) is 71.8 Å². The molecule has 2 heteroatoms. The Hall–Kier alpha value is -2.16. The monoisotopic (exact) mass is 480 g/mol. The summed E-state index contributed by atoms with van der Waals surface area (Å²) in [7, 11) is 0. The van der Waals surface area contributed by atoms with Crippen molar-refractivity contribution >= 4 is 12.2 Å². The van der Waals surface area contributed by atoms with E-state index >= 15 is 0 Å². The first-order chi connectivity index (χ1) is 17.7. The molecule has 6 fully saturated rings. The SMILES string of the molecule is C(=C1/C[C@@H]2CC[C@@H]3CCO[C@@]32C1)/c1ccccc1.C(=C1/C[C@H]2CC[C@H]3CCO[C@]32C1)/c1ccccc1. The summed E-state index contributed by atoms with van der Waals surface area (Å²) in [5, 5.41) is 0. The van der Waals surface area contributed by atoms with E-state index in [0.29, 0.717) is 0 Å². The van der Waals surface area contributed by atoms with Crippen LogP contribution in [-0.4, -0.2) is 24.4 Å². The van der Waals surface area contributed by atoms with Gasteiger partial charge in [-0.1, -0.05) is 84.0 Å². The Balaban J connectivity index is 0.000000122. The maximum Gasteiger partial charge on any atom is 0.0779 e. The van der Waals surface area contributed by atoms with Crippen LogP contribution >= 0.6 is 0 Å². The van der Waals surface area contributed by atoms with Gasteiger partial charge in [0, 0.05) is 13.2 Å². The summed E-state index contributed by atoms with van der Waals surface area (Å²) in [5.41, 5.74) is 6.41. The molecular formula is C34H40O2. The van der Waals surface area contributed by atoms with Crippen LogP contribution in [0.25, 0.3) is 12.2 Å². The molecule has 2 aliphatic heterocycles. The molecule has 36 heavy (non-hydrogen) atoms. The van der Waals surface area contributed by atoms with Crippen molar-refractivity contribution in [1.29, 1.82) is 0 Å². The van der Waals surface area contributed by atoms with Gasteiger partial charge in [-0.3, -0.25) is 0 Å². The molecule has 2 saturated heterocycles. The van der Waals surface area contributed by atoms with Crippen LogP contribution in [-0.2, 0) is 9.47 Å². The Labute approximate surface area is 216 Å². The molecule has 0 N–H and O–H groups in total. The summed E-state index contributed by atoms with van der Waals surface area (Å²) in [6, 6.07) is 21.4. The van der Waals surface area contributed by atoms with E-state index in [4.69, 9.17) is 9.47 Å². The van der Waals surface area contributed by atoms with Crippen molar-refractivity contribution in [2.24, 2.45) is 23.7 Å². The Morgan fingerprint density at radius 3 is 1.39 bits per heavy atom. The first kappa shape index (κ1) is 23.0. The number of hydrogen-bond acceptors (Lipinski definition) is 2. The molecule has 0 amide bonds. The van der Waals surface area contributed by atoms with Gasteiger partial charge in [0.1, 0.15) is 0 Å². The van der Waals surface area contributed by atoms with Gasteiger partial charge in [-0.05, 0) is 99.0 Å². The fourth-order valence-corrected chi connectivity index (χ4v) is 8.99. The highest BCUT2D eigenvalue weighted by atomic mass is 16.5. The Morgan fingerprint density at radius 1 is 0.528 bits per heavy atom. The molecule has 2 heterocycles. The zero-order chi connectivity index (χ0) is 24.0. The average molecular weight is 481 g/mol. The molecule has 4 aliphatic carbocycles. The molecular weight excluding hydrogens is 440 g/mol. The van der Waals surface area contributed by atoms with Gasteiger partial charge in [0.15, 0.2) is 0 Å². The minimum atomic E-state index is 0.251. The topological polar surface area (TPSA) is 18.5 Å². The third-order valence-corrected chi connectivity index (χ3v) is 10.5. The molecule has 2 aromatic rings. The van der Waals surface area contributed by atoms with Crippen LogP contribution in [0.2, 0.25) is 0 Å². The number of ether oxygens (including phenoxy) is 2. The lowest BCUT2D eigenvalue weighted by Crippen LogP contribution is -2.33. The van der Waals surface area contributed by atoms with Crippen molar-refractivity contribution in [2.75, 3.05) is 13.2 Å². The summed E-state index contributed by atoms with van der Waals surface area (Å²) >= 11 is 0. The summed E-state index contributed by atoms with van der Waals surface area (Å²) in [5.74, 6) is 3.31. The van der Waals surface area contributed by atoms with Gasteiger partial charge in [0.2, 0.25) is 0 Å². The lowest BCUT2D eigenvalue weighted by atomic mass is 9.87. The third-order valence-electron chi connectivity index (χ3n) is 10.5. The number of hydrogen-bond donors (Lipinski definition) is 0. The van der Waals surface area contributed by atoms with Crippen molar-refractivity contribution in [3.63, 3.8) is 0 Å². The van der Waals surface area contributed by atoms with Gasteiger partial charge >= 0.3 is 0 Å². The van der Waals surface area contributed by atoms with Gasteiger partial charge in [0.25, 0.3) is 0 Å². The van der Waals surface area contributed by atoms with Crippen LogP contribution in [0.1, 0.15) is 75.3 Å². The number of rotatable bonds is 2. The maximum absolute atomic E-state index is 6.22. The van der Waals surface area contributed by atoms with Gasteiger partial charge in [-0.15, -0.1) is 0 Å². The van der Waals surface area contributed by atoms with Crippen molar-refractivity contribution in [2.45, 2.75) is 75.4 Å². The molecule has 8 rings (SSSR count). The van der Waals surface area contributed by atoms with Crippen molar-refractivity contribution < 1.29 is 9.47 Å². The minimum Gasteiger partial charge on any atom is -0.374 e. The molecule has 6 atom stereocenters. The quantitative estimate of drug-likeness (QED) is 0.432. The highest BCUT2D eigenvalue weighted by Crippen LogP contribution is 2.60. The average Bonchev–Trinajstić information content (AvgIpc) is 3.70. The lowest BCUT2D eigenvalue weighted by molar-refractivity contribution is -0.0264. The molecule has 4 saturated carbocycles. The van der Waals surface area contributed by atoms with Crippen LogP contribution in [0.5, 0.6) is 0 Å². The van der Waals surface area contributed by atoms with E-state index in [1.165, 1.54) is 75.3 Å². The molecule has 0 aromatic heterocycles. The van der Waals surface area contributed by atoms with Gasteiger partial charge in [0.05, 0.1) is 11.2 Å². The second-order valence-corrected chi connectivity index (χ2v) is 12.3. The molecule has 2 spiro atoms. The van der Waals surface area contributed by atoms with E-state index in [1.807, 2.05) is 0 Å². The maximum atomic E-state index is 6.22. The molecule has 0 unspecified atom stereocenters. The predicted octanol–water partition coefficient (Wildman–Crippen LogP) is 8.10. The summed E-state index contributed by atoms with van der Waals surface area (Å²) in [6.45, 7) is 2.00. The zero-order valence-electron chi connectivity index (χ0n) is 21.5. The van der Waals surface area contributed by atoms with E-state index in [2.05, 4.69) is 72.8 Å². The van der Waals surface area contributed by atoms with Gasteiger partial charge in [-0.2, -0.15) is 0 Å². The van der Waals surface area contributed by atoms with Crippen molar-refractivity contribution in [3.8, 4) is 0 Å². The Morgan fingerprint density at radius 2 is 0.944 bits per heavy atom. The summed E-state index contributed by atoms with van der Waals surface area (Å²) in [6.07, 6.45) is 17.9. The summed E-state index contributed by atoms with van der Waals surface area (Å²) < 4.78 is 12.4. The van der Waals surface area contributed by atoms with Gasteiger partial charge < -0.3 is 9.47 Å². The van der Waals surface area contributed by atoms with E-state index in [0.717, 1.165) is 36.9 Å². The zero-order valence-corrected chi connectivity index (χ0v) is 21.5. The molecule has 0 bridgehead atoms. The smallest absolute Gasteiger partial charge is 0.0779 e. The van der Waals surface area contributed by atoms with Crippen LogP contribution in [0, 0.1) is 23.7 Å². The van der Waals surface area contributed by atoms with Crippen LogP contribution in [0.3, 0.4) is 0 Å². The second-order valence-electron chi connectivity index (χ2n) is 12.3. The van der Waals surface area contributed by atoms with Crippen molar-refractivity contribution in [3.05, 3.63) is 82.9 Å². The minimum absolute atomic E-state index is 0.251. The van der Waals surface area contributed by atoms with E-state index in [1.54, 1.807) is 11.1 Å². The summed E-state index contributed by atoms with van der Waals surface area (Å²) in [4.78, 5) is 0. The largest absolute Gasteiger partial charge is 0.374 e. The lowest BCUT2D eigenvalue weighted by Gasteiger charge is -2.28. The Bertz CT molecular complexity index is 1040. The van der Waals surface area contributed by atoms with Crippen LogP contribution in [0.4, 0.5) is 0 Å². The highest BCUT2D eigenvalue weighted by molar-refractivity contribution is 5.55. The Kier molecular flexibility index (Phi) is 5.94. The van der Waals surface area contributed by atoms with Crippen molar-refractivity contribution in [1.82, 2.24) is 0 Å². The van der Waals surface area contributed by atoms with Crippen LogP contribution < -0.4 is 0 Å². The first-order valence-electron chi connectivity index (χ1n) is 14.5. The van der Waals surface area contributed by atoms with Gasteiger partial charge in [-0.25, -0.2) is 0 Å². The highest BCUT2D eigenvalue weighted by Gasteiger charge is 2.58. The molecule has 188 valence electrons. The molecule has 0 radical (unpaired) electrons. The molecule has 2 aromatic carbocycles. The third kappa shape index (κ3) is 3.92. The number of benzene rings is 2. The first-order valence-corrected chi connectivity index (χ1v) is 14.5. The fraction of sp³-hybridized carbons (Fsp3) is 0.529. The van der Waals surface area contributed by atoms with E-state index < -0.39 is 0 Å². The molecule has 2 nitrogen and oxygen atoms in total. The predicted molar refractivity (Wildman–Crippen MR) is 146 cm³/mol. The van der Waals surface area contributed by atoms with E-state index in [9.17, 15) is 0 Å². The second kappa shape index (κ2) is 9.30. The standard InChI is InChI=1S/2C17H20O/c2*1-2-4-13(5-3-1)10-14-11-16-7-6-15-8-9-18-17(15,16)12-14/h2*1-5,10,15-16H,6-9,11-12H2/b2*14-10+/t2*15-,16+,17+/m10/s1. The normalized spacial score (nSPS) is 40.1. The fourth-order valence-electron chi connectivity index (χ4n) is 8.99. The van der Waals surface area contributed by atoms with E-state index in [-0.39, 0.29) is 11.2 Å². The molecule has 6 aliphatic rings.